The molecule has 236 valence electrons. The second-order valence-electron chi connectivity index (χ2n) is 11.3. The number of likely N-dealkylation sites (tertiary alicyclic amines) is 1. The van der Waals surface area contributed by atoms with Crippen LogP contribution >= 0.6 is 0 Å². The number of carboxylic acid groups (broad SMARTS) is 1. The summed E-state index contributed by atoms with van der Waals surface area (Å²) in [5.41, 5.74) is 2.94. The van der Waals surface area contributed by atoms with Gasteiger partial charge >= 0.3 is 5.97 Å². The minimum atomic E-state index is -0.630. The molecule has 1 atom stereocenters. The number of pyridine rings is 1. The number of nitrogens with one attached hydrogen (secondary N) is 3. The third-order valence-electron chi connectivity index (χ3n) is 7.51. The Morgan fingerprint density at radius 1 is 0.932 bits per heavy atom. The monoisotopic (exact) mass is 605 g/mol. The van der Waals surface area contributed by atoms with E-state index in [2.05, 4.69) is 39.9 Å². The fourth-order valence-corrected chi connectivity index (χ4v) is 4.85. The van der Waals surface area contributed by atoms with Crippen LogP contribution in [0.3, 0.4) is 0 Å². The summed E-state index contributed by atoms with van der Waals surface area (Å²) >= 11 is 0. The highest BCUT2D eigenvalue weighted by atomic mass is 16.4. The van der Waals surface area contributed by atoms with E-state index in [1.165, 1.54) is 6.92 Å². The Morgan fingerprint density at radius 2 is 1.61 bits per heavy atom. The zero-order valence-corrected chi connectivity index (χ0v) is 25.7. The number of carbonyl (C=O) groups is 4. The molecule has 1 unspecified atom stereocenters. The van der Waals surface area contributed by atoms with Crippen molar-refractivity contribution in [3.05, 3.63) is 48.0 Å². The third-order valence-corrected chi connectivity index (χ3v) is 7.51. The quantitative estimate of drug-likeness (QED) is 0.303. The SMILES string of the molecule is CC(=O)NC1CCCN(C(=O)c2ccc(-c3cccc4nc(NC(=O)C5CC5)nn34)cc2)C1.CCNCC.O=C(O)C1CC1. The van der Waals surface area contributed by atoms with E-state index in [4.69, 9.17) is 5.11 Å². The Bertz CT molecular complexity index is 1440. The van der Waals surface area contributed by atoms with Crippen molar-refractivity contribution < 1.29 is 24.3 Å². The Kier molecular flexibility index (Phi) is 11.4. The zero-order chi connectivity index (χ0) is 31.6. The van der Waals surface area contributed by atoms with E-state index in [-0.39, 0.29) is 35.6 Å². The maximum absolute atomic E-state index is 13.0. The van der Waals surface area contributed by atoms with Crippen LogP contribution in [0.4, 0.5) is 5.95 Å². The number of aliphatic carboxylic acids is 1. The number of amides is 3. The third kappa shape index (κ3) is 9.34. The molecule has 0 spiro atoms. The molecule has 2 saturated carbocycles. The van der Waals surface area contributed by atoms with Gasteiger partial charge < -0.3 is 20.6 Å². The summed E-state index contributed by atoms with van der Waals surface area (Å²) in [4.78, 5) is 52.4. The van der Waals surface area contributed by atoms with Crippen LogP contribution in [0.2, 0.25) is 0 Å². The number of hydrogen-bond acceptors (Lipinski definition) is 7. The van der Waals surface area contributed by atoms with Gasteiger partial charge in [-0.25, -0.2) is 4.52 Å². The van der Waals surface area contributed by atoms with Gasteiger partial charge in [0, 0.05) is 43.1 Å². The number of aromatic nitrogens is 3. The first-order valence-corrected chi connectivity index (χ1v) is 15.5. The Balaban J connectivity index is 0.000000341. The largest absolute Gasteiger partial charge is 0.481 e. The van der Waals surface area contributed by atoms with Crippen LogP contribution in [0.15, 0.2) is 42.5 Å². The molecule has 3 aliphatic rings. The van der Waals surface area contributed by atoms with Gasteiger partial charge in [-0.1, -0.05) is 32.0 Å². The Hall–Kier alpha value is -4.32. The van der Waals surface area contributed by atoms with E-state index >= 15 is 0 Å². The fourth-order valence-electron chi connectivity index (χ4n) is 4.85. The normalized spacial score (nSPS) is 17.4. The van der Waals surface area contributed by atoms with Crippen LogP contribution in [0.25, 0.3) is 16.9 Å². The molecule has 3 amide bonds. The van der Waals surface area contributed by atoms with Crippen LogP contribution in [0.1, 0.15) is 69.7 Å². The first kappa shape index (κ1) is 32.6. The van der Waals surface area contributed by atoms with Gasteiger partial charge in [0.15, 0.2) is 5.65 Å². The predicted octanol–water partition coefficient (Wildman–Crippen LogP) is 3.58. The van der Waals surface area contributed by atoms with Crippen LogP contribution in [0, 0.1) is 11.8 Å². The summed E-state index contributed by atoms with van der Waals surface area (Å²) in [6.45, 7) is 9.09. The molecule has 44 heavy (non-hydrogen) atoms. The zero-order valence-electron chi connectivity index (χ0n) is 25.7. The molecule has 0 bridgehead atoms. The lowest BCUT2D eigenvalue weighted by molar-refractivity contribution is -0.138. The molecule has 2 aliphatic carbocycles. The molecular weight excluding hydrogens is 562 g/mol. The van der Waals surface area contributed by atoms with Gasteiger partial charge in [0.05, 0.1) is 11.6 Å². The minimum absolute atomic E-state index is 0.000933. The van der Waals surface area contributed by atoms with E-state index in [1.807, 2.05) is 42.5 Å². The summed E-state index contributed by atoms with van der Waals surface area (Å²) in [6.07, 6.45) is 5.38. The molecule has 12 heteroatoms. The second-order valence-corrected chi connectivity index (χ2v) is 11.3. The highest BCUT2D eigenvalue weighted by Gasteiger charge is 2.30. The van der Waals surface area contributed by atoms with E-state index in [1.54, 1.807) is 9.42 Å². The number of nitrogens with zero attached hydrogens (tertiary/aromatic N) is 4. The molecule has 3 heterocycles. The summed E-state index contributed by atoms with van der Waals surface area (Å²) in [6, 6.07) is 13.1. The lowest BCUT2D eigenvalue weighted by Crippen LogP contribution is -2.49. The smallest absolute Gasteiger partial charge is 0.306 e. The molecule has 4 N–H and O–H groups in total. The van der Waals surface area contributed by atoms with E-state index in [9.17, 15) is 19.2 Å². The lowest BCUT2D eigenvalue weighted by Gasteiger charge is -2.33. The number of piperidine rings is 1. The van der Waals surface area contributed by atoms with Crippen molar-refractivity contribution in [1.29, 1.82) is 0 Å². The lowest BCUT2D eigenvalue weighted by atomic mass is 10.0. The van der Waals surface area contributed by atoms with Crippen LogP contribution in [-0.4, -0.2) is 80.5 Å². The molecule has 12 nitrogen and oxygen atoms in total. The van der Waals surface area contributed by atoms with Gasteiger partial charge in [0.1, 0.15) is 0 Å². The molecule has 1 aromatic carbocycles. The topological polar surface area (TPSA) is 158 Å². The standard InChI is InChI=1S/C24H26N6O3.C4H11N.C4H6O2/c1-15(31)25-19-4-3-13-29(14-19)23(33)18-11-7-16(8-12-18)20-5-2-6-21-26-24(28-30(20)21)27-22(32)17-9-10-17;1-3-5-4-2;5-4(6)3-1-2-3/h2,5-8,11-12,17,19H,3-4,9-10,13-14H2,1H3,(H,25,31)(H,27,28,32);5H,3-4H2,1-2H3;3H,1-2H2,(H,5,6). The van der Waals surface area contributed by atoms with Crippen molar-refractivity contribution in [2.45, 2.75) is 65.3 Å². The summed E-state index contributed by atoms with van der Waals surface area (Å²) < 4.78 is 1.70. The fraction of sp³-hybridized carbons (Fsp3) is 0.500. The van der Waals surface area contributed by atoms with Crippen LogP contribution in [-0.2, 0) is 14.4 Å². The molecule has 1 aliphatic heterocycles. The number of rotatable bonds is 8. The number of carboxylic acids is 1. The number of hydrogen-bond donors (Lipinski definition) is 4. The summed E-state index contributed by atoms with van der Waals surface area (Å²) in [5, 5.41) is 21.3. The van der Waals surface area contributed by atoms with Crippen molar-refractivity contribution in [3.8, 4) is 11.3 Å². The van der Waals surface area contributed by atoms with E-state index in [0.29, 0.717) is 30.2 Å². The van der Waals surface area contributed by atoms with Crippen LogP contribution < -0.4 is 16.0 Å². The first-order valence-electron chi connectivity index (χ1n) is 15.5. The Morgan fingerprint density at radius 3 is 2.16 bits per heavy atom. The maximum Gasteiger partial charge on any atom is 0.306 e. The minimum Gasteiger partial charge on any atom is -0.481 e. The maximum atomic E-state index is 13.0. The van der Waals surface area contributed by atoms with Crippen molar-refractivity contribution in [1.82, 2.24) is 30.1 Å². The number of carbonyl (C=O) groups excluding carboxylic acids is 3. The molecule has 2 aromatic heterocycles. The second kappa shape index (κ2) is 15.4. The van der Waals surface area contributed by atoms with Gasteiger partial charge in [-0.3, -0.25) is 24.5 Å². The van der Waals surface area contributed by atoms with Crippen LogP contribution in [0.5, 0.6) is 0 Å². The van der Waals surface area contributed by atoms with Gasteiger partial charge in [-0.05, 0) is 75.9 Å². The van der Waals surface area contributed by atoms with Crippen molar-refractivity contribution in [2.24, 2.45) is 11.8 Å². The molecule has 1 saturated heterocycles. The van der Waals surface area contributed by atoms with E-state index in [0.717, 1.165) is 62.9 Å². The molecular formula is C32H43N7O5. The highest BCUT2D eigenvalue weighted by molar-refractivity contribution is 5.95. The van der Waals surface area contributed by atoms with E-state index < -0.39 is 5.97 Å². The van der Waals surface area contributed by atoms with Crippen molar-refractivity contribution >= 4 is 35.3 Å². The average Bonchev–Trinajstić information content (AvgIpc) is 3.94. The number of benzene rings is 1. The predicted molar refractivity (Wildman–Crippen MR) is 167 cm³/mol. The first-order chi connectivity index (χ1) is 21.2. The molecule has 3 fully saturated rings. The Labute approximate surface area is 257 Å². The number of anilines is 1. The average molecular weight is 606 g/mol. The van der Waals surface area contributed by atoms with Crippen molar-refractivity contribution in [2.75, 3.05) is 31.5 Å². The molecule has 6 rings (SSSR count). The number of fused-ring (bicyclic) bond motifs is 1. The molecule has 0 radical (unpaired) electrons. The van der Waals surface area contributed by atoms with Crippen molar-refractivity contribution in [3.63, 3.8) is 0 Å². The summed E-state index contributed by atoms with van der Waals surface area (Å²) in [5.74, 6) is -0.384. The molecule has 3 aromatic rings. The van der Waals surface area contributed by atoms with Gasteiger partial charge in [-0.15, -0.1) is 5.10 Å². The summed E-state index contributed by atoms with van der Waals surface area (Å²) in [7, 11) is 0. The van der Waals surface area contributed by atoms with Gasteiger partial charge in [-0.2, -0.15) is 4.98 Å². The van der Waals surface area contributed by atoms with Gasteiger partial charge in [0.25, 0.3) is 5.91 Å². The highest BCUT2D eigenvalue weighted by Crippen LogP contribution is 2.30. The van der Waals surface area contributed by atoms with Gasteiger partial charge in [0.2, 0.25) is 17.8 Å².